The molecule has 0 atom stereocenters. The van der Waals surface area contributed by atoms with E-state index in [1.807, 2.05) is 36.1 Å². The van der Waals surface area contributed by atoms with Crippen LogP contribution in [0.4, 0.5) is 10.1 Å². The van der Waals surface area contributed by atoms with Gasteiger partial charge in [0.1, 0.15) is 11.6 Å². The molecule has 0 bridgehead atoms. The summed E-state index contributed by atoms with van der Waals surface area (Å²) >= 11 is 2.89. The van der Waals surface area contributed by atoms with E-state index in [1.165, 1.54) is 40.2 Å². The van der Waals surface area contributed by atoms with E-state index in [0.717, 1.165) is 24.5 Å². The van der Waals surface area contributed by atoms with Crippen LogP contribution in [-0.2, 0) is 4.79 Å². The molecule has 0 unspecified atom stereocenters. The predicted octanol–water partition coefficient (Wildman–Crippen LogP) is 5.06. The van der Waals surface area contributed by atoms with Crippen molar-refractivity contribution in [3.05, 3.63) is 89.0 Å². The molecule has 7 nitrogen and oxygen atoms in total. The highest BCUT2D eigenvalue weighted by Crippen LogP contribution is 2.29. The SMILES string of the molecule is CCOc1ccccc1N1CCN(C(=O)CSCSc2nc3ccccc3c(=O)n2-c2ccc(F)cc2)CC1. The lowest BCUT2D eigenvalue weighted by Gasteiger charge is -2.36. The zero-order chi connectivity index (χ0) is 27.2. The second-order valence-corrected chi connectivity index (χ2v) is 11.2. The van der Waals surface area contributed by atoms with Gasteiger partial charge in [0, 0.05) is 31.3 Å². The third-order valence-corrected chi connectivity index (χ3v) is 8.59. The Kier molecular flexibility index (Phi) is 8.73. The molecule has 0 N–H and O–H groups in total. The minimum absolute atomic E-state index is 0.0979. The number of ether oxygens (including phenoxy) is 1. The summed E-state index contributed by atoms with van der Waals surface area (Å²) in [6, 6.07) is 21.0. The maximum atomic E-state index is 13.5. The molecule has 5 rings (SSSR count). The van der Waals surface area contributed by atoms with Crippen molar-refractivity contribution in [1.29, 1.82) is 0 Å². The standard InChI is InChI=1S/C29H29FN4O3S2/c1-2-37-26-10-6-5-9-25(26)32-15-17-33(18-16-32)27(35)19-38-20-39-29-31-24-8-4-3-7-23(24)28(36)34(29)22-13-11-21(30)12-14-22/h3-14H,2,15-20H2,1H3. The third kappa shape index (κ3) is 6.23. The van der Waals surface area contributed by atoms with E-state index in [4.69, 9.17) is 9.72 Å². The first-order chi connectivity index (χ1) is 19.0. The molecule has 202 valence electrons. The first kappa shape index (κ1) is 27.1. The summed E-state index contributed by atoms with van der Waals surface area (Å²) in [7, 11) is 0. The van der Waals surface area contributed by atoms with Gasteiger partial charge in [0.05, 0.1) is 34.6 Å². The quantitative estimate of drug-likeness (QED) is 0.122. The third-order valence-electron chi connectivity index (χ3n) is 6.46. The van der Waals surface area contributed by atoms with Crippen LogP contribution < -0.4 is 15.2 Å². The molecular weight excluding hydrogens is 535 g/mol. The zero-order valence-corrected chi connectivity index (χ0v) is 23.2. The van der Waals surface area contributed by atoms with Crippen molar-refractivity contribution in [1.82, 2.24) is 14.5 Å². The van der Waals surface area contributed by atoms with Gasteiger partial charge in [-0.15, -0.1) is 11.8 Å². The number of hydrogen-bond donors (Lipinski definition) is 0. The summed E-state index contributed by atoms with van der Waals surface area (Å²) in [5.74, 6) is 0.939. The molecule has 1 aliphatic rings. The van der Waals surface area contributed by atoms with Gasteiger partial charge in [0.2, 0.25) is 5.91 Å². The number of piperazine rings is 1. The van der Waals surface area contributed by atoms with Crippen LogP contribution in [0.2, 0.25) is 0 Å². The Bertz CT molecular complexity index is 1500. The van der Waals surface area contributed by atoms with Gasteiger partial charge in [-0.2, -0.15) is 0 Å². The minimum Gasteiger partial charge on any atom is -0.492 e. The molecule has 0 spiro atoms. The fourth-order valence-electron chi connectivity index (χ4n) is 4.53. The van der Waals surface area contributed by atoms with Crippen LogP contribution in [-0.4, -0.2) is 64.0 Å². The van der Waals surface area contributed by atoms with Crippen LogP contribution in [0.3, 0.4) is 0 Å². The normalized spacial score (nSPS) is 13.6. The Morgan fingerprint density at radius 1 is 0.974 bits per heavy atom. The van der Waals surface area contributed by atoms with E-state index < -0.39 is 0 Å². The summed E-state index contributed by atoms with van der Waals surface area (Å²) in [6.45, 7) is 5.40. The lowest BCUT2D eigenvalue weighted by molar-refractivity contribution is -0.128. The monoisotopic (exact) mass is 564 g/mol. The van der Waals surface area contributed by atoms with E-state index in [-0.39, 0.29) is 17.3 Å². The average Bonchev–Trinajstić information content (AvgIpc) is 2.97. The number of nitrogens with zero attached hydrogens (tertiary/aromatic N) is 4. The van der Waals surface area contributed by atoms with Crippen molar-refractivity contribution in [2.24, 2.45) is 0 Å². The fraction of sp³-hybridized carbons (Fsp3) is 0.276. The first-order valence-electron chi connectivity index (χ1n) is 12.8. The second-order valence-electron chi connectivity index (χ2n) is 8.91. The number of amides is 1. The number of thioether (sulfide) groups is 2. The van der Waals surface area contributed by atoms with Gasteiger partial charge in [-0.3, -0.25) is 14.2 Å². The Morgan fingerprint density at radius 2 is 1.69 bits per heavy atom. The summed E-state index contributed by atoms with van der Waals surface area (Å²) < 4.78 is 20.8. The van der Waals surface area contributed by atoms with Gasteiger partial charge < -0.3 is 14.5 Å². The Morgan fingerprint density at radius 3 is 2.46 bits per heavy atom. The summed E-state index contributed by atoms with van der Waals surface area (Å²) in [4.78, 5) is 35.1. The van der Waals surface area contributed by atoms with Crippen molar-refractivity contribution in [2.45, 2.75) is 12.1 Å². The van der Waals surface area contributed by atoms with Crippen molar-refractivity contribution < 1.29 is 13.9 Å². The van der Waals surface area contributed by atoms with Crippen molar-refractivity contribution >= 4 is 46.0 Å². The van der Waals surface area contributed by atoms with Crippen LogP contribution >= 0.6 is 23.5 Å². The maximum Gasteiger partial charge on any atom is 0.266 e. The molecule has 10 heteroatoms. The Labute approximate surface area is 235 Å². The molecule has 4 aromatic rings. The minimum atomic E-state index is -0.372. The number of para-hydroxylation sites is 3. The highest BCUT2D eigenvalue weighted by molar-refractivity contribution is 8.16. The summed E-state index contributed by atoms with van der Waals surface area (Å²) in [5, 5.41) is 1.54. The highest BCUT2D eigenvalue weighted by Gasteiger charge is 2.23. The number of anilines is 1. The number of aromatic nitrogens is 2. The molecule has 1 aliphatic heterocycles. The van der Waals surface area contributed by atoms with Crippen LogP contribution in [0.25, 0.3) is 16.6 Å². The van der Waals surface area contributed by atoms with E-state index in [0.29, 0.717) is 52.3 Å². The average molecular weight is 565 g/mol. The van der Waals surface area contributed by atoms with E-state index in [1.54, 1.807) is 30.3 Å². The Hall–Kier alpha value is -3.50. The first-order valence-corrected chi connectivity index (χ1v) is 14.9. The van der Waals surface area contributed by atoms with Crippen LogP contribution in [0.15, 0.2) is 82.7 Å². The number of fused-ring (bicyclic) bond motifs is 1. The number of benzene rings is 3. The summed E-state index contributed by atoms with van der Waals surface area (Å²) in [6.07, 6.45) is 0. The Balaban J connectivity index is 1.20. The number of rotatable bonds is 9. The molecule has 1 fully saturated rings. The van der Waals surface area contributed by atoms with E-state index in [9.17, 15) is 14.0 Å². The van der Waals surface area contributed by atoms with Crippen LogP contribution in [0.1, 0.15) is 6.92 Å². The van der Waals surface area contributed by atoms with E-state index >= 15 is 0 Å². The number of carbonyl (C=O) groups is 1. The lowest BCUT2D eigenvalue weighted by atomic mass is 10.2. The molecule has 0 aliphatic carbocycles. The molecule has 1 aromatic heterocycles. The van der Waals surface area contributed by atoms with Crippen LogP contribution in [0, 0.1) is 5.82 Å². The molecule has 1 saturated heterocycles. The molecule has 2 heterocycles. The molecule has 0 radical (unpaired) electrons. The zero-order valence-electron chi connectivity index (χ0n) is 21.6. The second kappa shape index (κ2) is 12.6. The molecule has 39 heavy (non-hydrogen) atoms. The molecule has 1 amide bonds. The molecular formula is C29H29FN4O3S2. The highest BCUT2D eigenvalue weighted by atomic mass is 32.2. The lowest BCUT2D eigenvalue weighted by Crippen LogP contribution is -2.49. The predicted molar refractivity (Wildman–Crippen MR) is 157 cm³/mol. The fourth-order valence-corrected chi connectivity index (χ4v) is 6.46. The van der Waals surface area contributed by atoms with Crippen molar-refractivity contribution in [2.75, 3.05) is 48.5 Å². The van der Waals surface area contributed by atoms with Crippen molar-refractivity contribution in [3.8, 4) is 11.4 Å². The number of carbonyl (C=O) groups excluding carboxylic acids is 1. The molecule has 3 aromatic carbocycles. The van der Waals surface area contributed by atoms with Gasteiger partial charge in [0.15, 0.2) is 5.16 Å². The van der Waals surface area contributed by atoms with Gasteiger partial charge in [-0.1, -0.05) is 36.0 Å². The summed E-state index contributed by atoms with van der Waals surface area (Å²) in [5.41, 5.74) is 2.01. The smallest absolute Gasteiger partial charge is 0.266 e. The van der Waals surface area contributed by atoms with Gasteiger partial charge in [0.25, 0.3) is 5.56 Å². The number of halogens is 1. The van der Waals surface area contributed by atoms with Crippen molar-refractivity contribution in [3.63, 3.8) is 0 Å². The number of hydrogen-bond acceptors (Lipinski definition) is 7. The largest absolute Gasteiger partial charge is 0.492 e. The van der Waals surface area contributed by atoms with Gasteiger partial charge >= 0.3 is 0 Å². The van der Waals surface area contributed by atoms with Crippen LogP contribution in [0.5, 0.6) is 5.75 Å². The van der Waals surface area contributed by atoms with Gasteiger partial charge in [-0.05, 0) is 55.5 Å². The molecule has 0 saturated carbocycles. The topological polar surface area (TPSA) is 67.7 Å². The maximum absolute atomic E-state index is 13.5. The van der Waals surface area contributed by atoms with E-state index in [2.05, 4.69) is 11.0 Å². The van der Waals surface area contributed by atoms with Gasteiger partial charge in [-0.25, -0.2) is 9.37 Å².